The van der Waals surface area contributed by atoms with Crippen molar-refractivity contribution in [3.8, 4) is 5.75 Å². The van der Waals surface area contributed by atoms with Gasteiger partial charge in [0.25, 0.3) is 0 Å². The topological polar surface area (TPSA) is 75.7 Å². The number of rotatable bonds is 7. The first kappa shape index (κ1) is 22.9. The highest BCUT2D eigenvalue weighted by Gasteiger charge is 2.37. The third-order valence-corrected chi connectivity index (χ3v) is 7.73. The Morgan fingerprint density at radius 3 is 2.45 bits per heavy atom. The van der Waals surface area contributed by atoms with Crippen molar-refractivity contribution in [2.45, 2.75) is 30.3 Å². The first-order chi connectivity index (χ1) is 15.9. The Hall–Kier alpha value is -3.23. The van der Waals surface area contributed by atoms with E-state index in [2.05, 4.69) is 5.32 Å². The minimum Gasteiger partial charge on any atom is -0.497 e. The number of carbonyl (C=O) groups is 1. The lowest BCUT2D eigenvalue weighted by Gasteiger charge is -2.36. The van der Waals surface area contributed by atoms with Crippen LogP contribution in [0.5, 0.6) is 5.75 Å². The van der Waals surface area contributed by atoms with Crippen molar-refractivity contribution in [3.05, 3.63) is 95.3 Å². The quantitative estimate of drug-likeness (QED) is 0.572. The molecular weight excluding hydrogens is 443 g/mol. The molecule has 1 aliphatic heterocycles. The van der Waals surface area contributed by atoms with E-state index < -0.39 is 21.9 Å². The molecule has 0 saturated heterocycles. The summed E-state index contributed by atoms with van der Waals surface area (Å²) in [7, 11) is -2.33. The van der Waals surface area contributed by atoms with E-state index in [4.69, 9.17) is 4.74 Å². The number of nitrogens with zero attached hydrogens (tertiary/aromatic N) is 1. The maximum atomic E-state index is 13.4. The zero-order valence-electron chi connectivity index (χ0n) is 18.2. The van der Waals surface area contributed by atoms with Crippen LogP contribution in [0.4, 0.5) is 4.39 Å². The summed E-state index contributed by atoms with van der Waals surface area (Å²) in [6, 6.07) is 19.0. The van der Waals surface area contributed by atoms with E-state index in [1.807, 2.05) is 48.5 Å². The fourth-order valence-electron chi connectivity index (χ4n) is 4.06. The summed E-state index contributed by atoms with van der Waals surface area (Å²) >= 11 is 0. The van der Waals surface area contributed by atoms with E-state index >= 15 is 0 Å². The van der Waals surface area contributed by atoms with Gasteiger partial charge in [0.1, 0.15) is 11.6 Å². The molecule has 0 radical (unpaired) electrons. The van der Waals surface area contributed by atoms with Gasteiger partial charge in [0.15, 0.2) is 0 Å². The molecule has 1 heterocycles. The van der Waals surface area contributed by atoms with Crippen LogP contribution in [-0.2, 0) is 27.8 Å². The summed E-state index contributed by atoms with van der Waals surface area (Å²) in [4.78, 5) is 12.9. The number of sulfonamides is 1. The molecule has 172 valence electrons. The smallest absolute Gasteiger partial charge is 0.243 e. The number of fused-ring (bicyclic) bond motifs is 1. The molecule has 1 amide bonds. The van der Waals surface area contributed by atoms with Gasteiger partial charge < -0.3 is 10.1 Å². The van der Waals surface area contributed by atoms with Crippen LogP contribution in [-0.4, -0.2) is 32.3 Å². The van der Waals surface area contributed by atoms with E-state index in [-0.39, 0.29) is 23.8 Å². The van der Waals surface area contributed by atoms with Gasteiger partial charge in [-0.2, -0.15) is 4.31 Å². The SMILES string of the molecule is COc1ccc(CNC(=O)C[C@@H]2c3ccccc3CCN2S(=O)(=O)c2ccc(F)cc2)cc1. The number of ether oxygens (including phenoxy) is 1. The Bertz CT molecular complexity index is 1230. The summed E-state index contributed by atoms with van der Waals surface area (Å²) in [5.74, 6) is -0.0373. The molecule has 3 aromatic rings. The zero-order valence-corrected chi connectivity index (χ0v) is 19.0. The highest BCUT2D eigenvalue weighted by molar-refractivity contribution is 7.89. The van der Waals surface area contributed by atoms with Crippen molar-refractivity contribution in [1.82, 2.24) is 9.62 Å². The number of amides is 1. The molecule has 0 bridgehead atoms. The summed E-state index contributed by atoms with van der Waals surface area (Å²) in [6.45, 7) is 0.565. The van der Waals surface area contributed by atoms with E-state index in [0.29, 0.717) is 13.0 Å². The number of nitrogens with one attached hydrogen (secondary N) is 1. The van der Waals surface area contributed by atoms with Crippen LogP contribution in [0.2, 0.25) is 0 Å². The molecule has 0 saturated carbocycles. The van der Waals surface area contributed by atoms with Gasteiger partial charge >= 0.3 is 0 Å². The van der Waals surface area contributed by atoms with Crippen LogP contribution in [0.3, 0.4) is 0 Å². The minimum atomic E-state index is -3.92. The number of benzene rings is 3. The van der Waals surface area contributed by atoms with Crippen LogP contribution in [0.15, 0.2) is 77.7 Å². The predicted octanol–water partition coefficient (Wildman–Crippen LogP) is 3.83. The molecule has 6 nitrogen and oxygen atoms in total. The maximum absolute atomic E-state index is 13.4. The lowest BCUT2D eigenvalue weighted by Crippen LogP contribution is -2.42. The van der Waals surface area contributed by atoms with E-state index in [0.717, 1.165) is 34.6 Å². The third kappa shape index (κ3) is 5.07. The number of hydrogen-bond acceptors (Lipinski definition) is 4. The summed E-state index contributed by atoms with van der Waals surface area (Å²) in [6.07, 6.45) is 0.522. The van der Waals surface area contributed by atoms with Crippen LogP contribution in [0.25, 0.3) is 0 Å². The molecule has 1 aliphatic rings. The first-order valence-electron chi connectivity index (χ1n) is 10.6. The highest BCUT2D eigenvalue weighted by atomic mass is 32.2. The van der Waals surface area contributed by atoms with Gasteiger partial charge in [0.05, 0.1) is 18.0 Å². The van der Waals surface area contributed by atoms with Crippen molar-refractivity contribution < 1.29 is 22.3 Å². The van der Waals surface area contributed by atoms with Gasteiger partial charge in [0.2, 0.25) is 15.9 Å². The molecule has 0 fully saturated rings. The number of halogens is 1. The molecule has 0 unspecified atom stereocenters. The predicted molar refractivity (Wildman–Crippen MR) is 123 cm³/mol. The average molecular weight is 469 g/mol. The number of carbonyl (C=O) groups excluding carboxylic acids is 1. The highest BCUT2D eigenvalue weighted by Crippen LogP contribution is 2.36. The van der Waals surface area contributed by atoms with Crippen LogP contribution in [0, 0.1) is 5.82 Å². The standard InChI is InChI=1S/C25H25FN2O4S/c1-32-21-10-6-18(7-11-21)17-27-25(29)16-24-23-5-3-2-4-19(23)14-15-28(24)33(30,31)22-12-8-20(26)9-13-22/h2-13,24H,14-17H2,1H3,(H,27,29)/t24-/m1/s1. The molecular formula is C25H25FN2O4S. The van der Waals surface area contributed by atoms with E-state index in [1.165, 1.54) is 16.4 Å². The Labute approximate surface area is 193 Å². The molecule has 4 rings (SSSR count). The van der Waals surface area contributed by atoms with Gasteiger partial charge in [-0.05, 0) is 59.5 Å². The van der Waals surface area contributed by atoms with E-state index in [1.54, 1.807) is 7.11 Å². The number of methoxy groups -OCH3 is 1. The van der Waals surface area contributed by atoms with Gasteiger partial charge in [-0.3, -0.25) is 4.79 Å². The first-order valence-corrected chi connectivity index (χ1v) is 12.1. The lowest BCUT2D eigenvalue weighted by molar-refractivity contribution is -0.122. The fourth-order valence-corrected chi connectivity index (χ4v) is 5.67. The molecule has 1 N–H and O–H groups in total. The van der Waals surface area contributed by atoms with Crippen molar-refractivity contribution in [3.63, 3.8) is 0 Å². The second kappa shape index (κ2) is 9.72. The normalized spacial score (nSPS) is 16.1. The van der Waals surface area contributed by atoms with Crippen molar-refractivity contribution in [1.29, 1.82) is 0 Å². The lowest BCUT2D eigenvalue weighted by atomic mass is 9.92. The third-order valence-electron chi connectivity index (χ3n) is 5.81. The zero-order chi connectivity index (χ0) is 23.4. The monoisotopic (exact) mass is 468 g/mol. The van der Waals surface area contributed by atoms with E-state index in [9.17, 15) is 17.6 Å². The molecule has 33 heavy (non-hydrogen) atoms. The molecule has 0 spiro atoms. The Morgan fingerprint density at radius 1 is 1.06 bits per heavy atom. The summed E-state index contributed by atoms with van der Waals surface area (Å²) in [5.41, 5.74) is 2.74. The van der Waals surface area contributed by atoms with Crippen molar-refractivity contribution >= 4 is 15.9 Å². The number of hydrogen-bond donors (Lipinski definition) is 1. The van der Waals surface area contributed by atoms with Gasteiger partial charge in [0, 0.05) is 19.5 Å². The second-order valence-corrected chi connectivity index (χ2v) is 9.75. The summed E-state index contributed by atoms with van der Waals surface area (Å²) in [5, 5.41) is 2.88. The molecule has 0 aliphatic carbocycles. The van der Waals surface area contributed by atoms with Gasteiger partial charge in [-0.15, -0.1) is 0 Å². The average Bonchev–Trinajstić information content (AvgIpc) is 2.83. The Balaban J connectivity index is 1.56. The molecule has 0 aromatic heterocycles. The minimum absolute atomic E-state index is 0.00641. The van der Waals surface area contributed by atoms with Crippen LogP contribution in [0.1, 0.15) is 29.2 Å². The molecule has 8 heteroatoms. The van der Waals surface area contributed by atoms with Crippen LogP contribution < -0.4 is 10.1 Å². The van der Waals surface area contributed by atoms with Gasteiger partial charge in [-0.1, -0.05) is 36.4 Å². The van der Waals surface area contributed by atoms with Crippen LogP contribution >= 0.6 is 0 Å². The van der Waals surface area contributed by atoms with Crippen molar-refractivity contribution in [2.24, 2.45) is 0 Å². The molecule has 1 atom stereocenters. The Morgan fingerprint density at radius 2 is 1.76 bits per heavy atom. The fraction of sp³-hybridized carbons (Fsp3) is 0.240. The maximum Gasteiger partial charge on any atom is 0.243 e. The largest absolute Gasteiger partial charge is 0.497 e. The summed E-state index contributed by atoms with van der Waals surface area (Å²) < 4.78 is 46.7. The Kier molecular flexibility index (Phi) is 6.76. The van der Waals surface area contributed by atoms with Crippen molar-refractivity contribution in [2.75, 3.05) is 13.7 Å². The second-order valence-electron chi connectivity index (χ2n) is 7.86. The molecule has 3 aromatic carbocycles. The van der Waals surface area contributed by atoms with Gasteiger partial charge in [-0.25, -0.2) is 12.8 Å².